The van der Waals surface area contributed by atoms with Crippen LogP contribution in [-0.4, -0.2) is 47.2 Å². The molecule has 0 fully saturated rings. The lowest BCUT2D eigenvalue weighted by Gasteiger charge is -2.13. The molecule has 2 amide bonds. The van der Waals surface area contributed by atoms with Gasteiger partial charge in [-0.1, -0.05) is 18.2 Å². The predicted octanol–water partition coefficient (Wildman–Crippen LogP) is 2.59. The Balaban J connectivity index is 1.74. The van der Waals surface area contributed by atoms with E-state index < -0.39 is 0 Å². The largest absolute Gasteiger partial charge is 0.484 e. The zero-order chi connectivity index (χ0) is 19.2. The minimum atomic E-state index is -0.261. The average molecular weight is 364 g/mol. The Morgan fingerprint density at radius 3 is 2.67 bits per heavy atom. The number of para-hydroxylation sites is 1. The Labute approximate surface area is 157 Å². The van der Waals surface area contributed by atoms with E-state index in [1.807, 2.05) is 12.1 Å². The van der Waals surface area contributed by atoms with Gasteiger partial charge >= 0.3 is 0 Å². The van der Waals surface area contributed by atoms with Gasteiger partial charge in [-0.2, -0.15) is 5.10 Å². The molecule has 3 aromatic rings. The van der Waals surface area contributed by atoms with E-state index in [0.29, 0.717) is 22.7 Å². The van der Waals surface area contributed by atoms with Crippen LogP contribution in [-0.2, 0) is 4.79 Å². The van der Waals surface area contributed by atoms with Crippen molar-refractivity contribution in [2.45, 2.75) is 0 Å². The van der Waals surface area contributed by atoms with E-state index in [1.165, 1.54) is 4.90 Å². The SMILES string of the molecule is CN(C)C(=O)COc1cccc(NC(=O)c2ccccc2-n2cccn2)c1. The lowest BCUT2D eigenvalue weighted by molar-refractivity contribution is -0.130. The summed E-state index contributed by atoms with van der Waals surface area (Å²) in [5, 5.41) is 7.04. The maximum Gasteiger partial charge on any atom is 0.259 e. The fourth-order valence-electron chi connectivity index (χ4n) is 2.41. The van der Waals surface area contributed by atoms with Gasteiger partial charge in [-0.05, 0) is 30.3 Å². The van der Waals surface area contributed by atoms with Gasteiger partial charge in [-0.25, -0.2) is 4.68 Å². The number of anilines is 1. The molecule has 27 heavy (non-hydrogen) atoms. The molecule has 0 aliphatic rings. The van der Waals surface area contributed by atoms with Crippen molar-refractivity contribution in [3.05, 3.63) is 72.6 Å². The lowest BCUT2D eigenvalue weighted by atomic mass is 10.1. The summed E-state index contributed by atoms with van der Waals surface area (Å²) in [5.74, 6) is 0.101. The molecule has 3 rings (SSSR count). The number of carbonyl (C=O) groups excluding carboxylic acids is 2. The molecule has 7 nitrogen and oxygen atoms in total. The minimum absolute atomic E-state index is 0.0630. The molecule has 0 atom stereocenters. The van der Waals surface area contributed by atoms with E-state index in [0.717, 1.165) is 0 Å². The summed E-state index contributed by atoms with van der Waals surface area (Å²) in [6, 6.07) is 15.9. The van der Waals surface area contributed by atoms with Gasteiger partial charge in [0.15, 0.2) is 6.61 Å². The van der Waals surface area contributed by atoms with Crippen molar-refractivity contribution < 1.29 is 14.3 Å². The second kappa shape index (κ2) is 8.18. The van der Waals surface area contributed by atoms with Crippen LogP contribution in [0.4, 0.5) is 5.69 Å². The molecule has 1 heterocycles. The smallest absolute Gasteiger partial charge is 0.259 e. The zero-order valence-corrected chi connectivity index (χ0v) is 15.1. The number of nitrogens with zero attached hydrogens (tertiary/aromatic N) is 3. The van der Waals surface area contributed by atoms with Crippen molar-refractivity contribution in [3.8, 4) is 11.4 Å². The average Bonchev–Trinajstić information content (AvgIpc) is 3.21. The summed E-state index contributed by atoms with van der Waals surface area (Å²) >= 11 is 0. The van der Waals surface area contributed by atoms with Crippen molar-refractivity contribution in [3.63, 3.8) is 0 Å². The van der Waals surface area contributed by atoms with Gasteiger partial charge in [0.25, 0.3) is 11.8 Å². The monoisotopic (exact) mass is 364 g/mol. The van der Waals surface area contributed by atoms with Crippen molar-refractivity contribution in [1.82, 2.24) is 14.7 Å². The van der Waals surface area contributed by atoms with Crippen LogP contribution >= 0.6 is 0 Å². The van der Waals surface area contributed by atoms with E-state index in [-0.39, 0.29) is 18.4 Å². The molecular formula is C20H20N4O3. The van der Waals surface area contributed by atoms with Crippen LogP contribution in [0.2, 0.25) is 0 Å². The highest BCUT2D eigenvalue weighted by Crippen LogP contribution is 2.20. The van der Waals surface area contributed by atoms with Gasteiger partial charge in [0.1, 0.15) is 5.75 Å². The molecule has 0 radical (unpaired) electrons. The maximum atomic E-state index is 12.7. The Morgan fingerprint density at radius 2 is 1.93 bits per heavy atom. The highest BCUT2D eigenvalue weighted by molar-refractivity contribution is 6.06. The fraction of sp³-hybridized carbons (Fsp3) is 0.150. The van der Waals surface area contributed by atoms with Gasteiger partial charge in [0.2, 0.25) is 0 Å². The molecule has 1 N–H and O–H groups in total. The van der Waals surface area contributed by atoms with Gasteiger partial charge in [-0.15, -0.1) is 0 Å². The van der Waals surface area contributed by atoms with Gasteiger partial charge in [0, 0.05) is 38.2 Å². The number of likely N-dealkylation sites (N-methyl/N-ethyl adjacent to an activating group) is 1. The molecule has 1 aromatic heterocycles. The number of nitrogens with one attached hydrogen (secondary N) is 1. The molecular weight excluding hydrogens is 344 g/mol. The number of carbonyl (C=O) groups is 2. The first-order valence-corrected chi connectivity index (χ1v) is 8.38. The number of hydrogen-bond acceptors (Lipinski definition) is 4. The molecule has 2 aromatic carbocycles. The van der Waals surface area contributed by atoms with Crippen molar-refractivity contribution in [2.24, 2.45) is 0 Å². The van der Waals surface area contributed by atoms with Crippen molar-refractivity contribution in [1.29, 1.82) is 0 Å². The molecule has 0 aliphatic carbocycles. The molecule has 0 saturated carbocycles. The van der Waals surface area contributed by atoms with Crippen LogP contribution in [0.5, 0.6) is 5.75 Å². The summed E-state index contributed by atoms with van der Waals surface area (Å²) < 4.78 is 7.12. The van der Waals surface area contributed by atoms with Crippen LogP contribution in [0.3, 0.4) is 0 Å². The van der Waals surface area contributed by atoms with Crippen LogP contribution < -0.4 is 10.1 Å². The van der Waals surface area contributed by atoms with Crippen molar-refractivity contribution in [2.75, 3.05) is 26.0 Å². The molecule has 0 unspecified atom stereocenters. The van der Waals surface area contributed by atoms with Crippen LogP contribution in [0.15, 0.2) is 67.0 Å². The summed E-state index contributed by atoms with van der Waals surface area (Å²) in [7, 11) is 3.33. The first-order chi connectivity index (χ1) is 13.0. The highest BCUT2D eigenvalue weighted by Gasteiger charge is 2.13. The summed E-state index contributed by atoms with van der Waals surface area (Å²) in [6.45, 7) is -0.0630. The standard InChI is InChI=1S/C20H20N4O3/c1-23(2)19(25)14-27-16-8-5-7-15(13-16)22-20(26)17-9-3-4-10-18(17)24-12-6-11-21-24/h3-13H,14H2,1-2H3,(H,22,26). The van der Waals surface area contributed by atoms with Gasteiger partial charge in [-0.3, -0.25) is 9.59 Å². The number of amides is 2. The Bertz CT molecular complexity index is 936. The number of benzene rings is 2. The summed E-state index contributed by atoms with van der Waals surface area (Å²) in [4.78, 5) is 25.8. The maximum absolute atomic E-state index is 12.7. The third-order valence-electron chi connectivity index (χ3n) is 3.85. The number of aromatic nitrogens is 2. The van der Waals surface area contributed by atoms with Crippen LogP contribution in [0.25, 0.3) is 5.69 Å². The second-order valence-electron chi connectivity index (χ2n) is 6.03. The van der Waals surface area contributed by atoms with E-state index in [1.54, 1.807) is 73.6 Å². The summed E-state index contributed by atoms with van der Waals surface area (Å²) in [6.07, 6.45) is 3.44. The van der Waals surface area contributed by atoms with Crippen molar-refractivity contribution >= 4 is 17.5 Å². The van der Waals surface area contributed by atoms with Crippen LogP contribution in [0, 0.1) is 0 Å². The van der Waals surface area contributed by atoms with Crippen LogP contribution in [0.1, 0.15) is 10.4 Å². The van der Waals surface area contributed by atoms with E-state index in [4.69, 9.17) is 4.74 Å². The lowest BCUT2D eigenvalue weighted by Crippen LogP contribution is -2.27. The Morgan fingerprint density at radius 1 is 1.11 bits per heavy atom. The quantitative estimate of drug-likeness (QED) is 0.729. The van der Waals surface area contributed by atoms with Gasteiger partial charge in [0.05, 0.1) is 11.3 Å². The molecule has 0 spiro atoms. The molecule has 7 heteroatoms. The third-order valence-corrected chi connectivity index (χ3v) is 3.85. The van der Waals surface area contributed by atoms with E-state index in [9.17, 15) is 9.59 Å². The normalized spacial score (nSPS) is 10.3. The number of hydrogen-bond donors (Lipinski definition) is 1. The molecule has 0 bridgehead atoms. The predicted molar refractivity (Wildman–Crippen MR) is 102 cm³/mol. The summed E-state index contributed by atoms with van der Waals surface area (Å²) in [5.41, 5.74) is 1.75. The first-order valence-electron chi connectivity index (χ1n) is 8.38. The second-order valence-corrected chi connectivity index (χ2v) is 6.03. The Kier molecular flexibility index (Phi) is 5.51. The Hall–Kier alpha value is -3.61. The fourth-order valence-corrected chi connectivity index (χ4v) is 2.41. The first kappa shape index (κ1) is 18.2. The molecule has 0 saturated heterocycles. The molecule has 0 aliphatic heterocycles. The number of rotatable bonds is 6. The van der Waals surface area contributed by atoms with E-state index in [2.05, 4.69) is 10.4 Å². The highest BCUT2D eigenvalue weighted by atomic mass is 16.5. The minimum Gasteiger partial charge on any atom is -0.484 e. The number of ether oxygens (including phenoxy) is 1. The zero-order valence-electron chi connectivity index (χ0n) is 15.1. The molecule has 138 valence electrons. The topological polar surface area (TPSA) is 76.5 Å². The third kappa shape index (κ3) is 4.52. The van der Waals surface area contributed by atoms with E-state index >= 15 is 0 Å². The van der Waals surface area contributed by atoms with Gasteiger partial charge < -0.3 is 15.0 Å².